The van der Waals surface area contributed by atoms with Gasteiger partial charge in [-0.2, -0.15) is 5.10 Å². The van der Waals surface area contributed by atoms with E-state index in [4.69, 9.17) is 9.47 Å². The SMILES string of the molecule is COc1ccc(C(=O)NCC(=O)N/N=C\c2ccc(C(C)(C)C)cc2)cc1OC. The van der Waals surface area contributed by atoms with Crippen LogP contribution in [0, 0.1) is 0 Å². The summed E-state index contributed by atoms with van der Waals surface area (Å²) in [5, 5.41) is 6.46. The molecule has 0 spiro atoms. The van der Waals surface area contributed by atoms with Crippen LogP contribution in [0.5, 0.6) is 11.5 Å². The first-order chi connectivity index (χ1) is 13.7. The van der Waals surface area contributed by atoms with E-state index < -0.39 is 11.8 Å². The van der Waals surface area contributed by atoms with Crippen LogP contribution in [0.4, 0.5) is 0 Å². The number of rotatable bonds is 7. The molecule has 2 amide bonds. The molecule has 2 rings (SSSR count). The maximum Gasteiger partial charge on any atom is 0.259 e. The number of nitrogens with zero attached hydrogens (tertiary/aromatic N) is 1. The fraction of sp³-hybridized carbons (Fsp3) is 0.318. The molecule has 0 saturated heterocycles. The number of methoxy groups -OCH3 is 2. The molecule has 2 aromatic rings. The molecule has 0 bridgehead atoms. The second-order valence-corrected chi connectivity index (χ2v) is 7.42. The molecule has 0 heterocycles. The van der Waals surface area contributed by atoms with E-state index in [1.807, 2.05) is 24.3 Å². The van der Waals surface area contributed by atoms with Gasteiger partial charge >= 0.3 is 0 Å². The number of ether oxygens (including phenoxy) is 2. The van der Waals surface area contributed by atoms with E-state index in [0.717, 1.165) is 5.56 Å². The van der Waals surface area contributed by atoms with Crippen molar-refractivity contribution in [1.82, 2.24) is 10.7 Å². The van der Waals surface area contributed by atoms with Crippen molar-refractivity contribution in [2.24, 2.45) is 5.10 Å². The predicted octanol–water partition coefficient (Wildman–Crippen LogP) is 2.88. The number of hydrogen-bond donors (Lipinski definition) is 2. The van der Waals surface area contributed by atoms with E-state index in [2.05, 4.69) is 36.6 Å². The first kappa shape index (κ1) is 21.9. The summed E-state index contributed by atoms with van der Waals surface area (Å²) in [5.74, 6) is 0.127. The normalized spacial score (nSPS) is 11.2. The zero-order valence-electron chi connectivity index (χ0n) is 17.4. The molecule has 0 atom stereocenters. The summed E-state index contributed by atoms with van der Waals surface area (Å²) >= 11 is 0. The quantitative estimate of drug-likeness (QED) is 0.555. The molecule has 29 heavy (non-hydrogen) atoms. The Morgan fingerprint density at radius 2 is 1.66 bits per heavy atom. The summed E-state index contributed by atoms with van der Waals surface area (Å²) in [7, 11) is 3.00. The Morgan fingerprint density at radius 3 is 2.24 bits per heavy atom. The van der Waals surface area contributed by atoms with Crippen LogP contribution in [0.2, 0.25) is 0 Å². The standard InChI is InChI=1S/C22H27N3O4/c1-22(2,3)17-9-6-15(7-10-17)13-24-25-20(26)14-23-21(27)16-8-11-18(28-4)19(12-16)29-5/h6-13H,14H2,1-5H3,(H,23,27)(H,25,26)/b24-13-. The maximum absolute atomic E-state index is 12.2. The highest BCUT2D eigenvalue weighted by Gasteiger charge is 2.13. The summed E-state index contributed by atoms with van der Waals surface area (Å²) in [6.07, 6.45) is 1.56. The van der Waals surface area contributed by atoms with Gasteiger partial charge in [0, 0.05) is 5.56 Å². The molecule has 0 aliphatic carbocycles. The minimum atomic E-state index is -0.429. The summed E-state index contributed by atoms with van der Waals surface area (Å²) in [6.45, 7) is 6.24. The first-order valence-electron chi connectivity index (χ1n) is 9.17. The number of nitrogens with one attached hydrogen (secondary N) is 2. The van der Waals surface area contributed by atoms with Gasteiger partial charge in [-0.15, -0.1) is 0 Å². The van der Waals surface area contributed by atoms with Gasteiger partial charge < -0.3 is 14.8 Å². The average Bonchev–Trinajstić information content (AvgIpc) is 2.71. The summed E-state index contributed by atoms with van der Waals surface area (Å²) in [5.41, 5.74) is 4.92. The highest BCUT2D eigenvalue weighted by Crippen LogP contribution is 2.27. The zero-order chi connectivity index (χ0) is 21.4. The van der Waals surface area contributed by atoms with Gasteiger partial charge in [-0.1, -0.05) is 45.0 Å². The van der Waals surface area contributed by atoms with Crippen molar-refractivity contribution in [3.8, 4) is 11.5 Å². The molecule has 0 aromatic heterocycles. The van der Waals surface area contributed by atoms with Crippen molar-refractivity contribution in [2.45, 2.75) is 26.2 Å². The molecule has 0 unspecified atom stereocenters. The maximum atomic E-state index is 12.2. The van der Waals surface area contributed by atoms with Crippen molar-refractivity contribution in [3.05, 3.63) is 59.2 Å². The molecule has 2 N–H and O–H groups in total. The van der Waals surface area contributed by atoms with Crippen LogP contribution in [0.25, 0.3) is 0 Å². The van der Waals surface area contributed by atoms with E-state index >= 15 is 0 Å². The molecule has 7 nitrogen and oxygen atoms in total. The minimum Gasteiger partial charge on any atom is -0.493 e. The topological polar surface area (TPSA) is 89.0 Å². The van der Waals surface area contributed by atoms with Crippen molar-refractivity contribution in [2.75, 3.05) is 20.8 Å². The van der Waals surface area contributed by atoms with Crippen LogP contribution in [0.3, 0.4) is 0 Å². The molecule has 0 saturated carbocycles. The Balaban J connectivity index is 1.85. The Kier molecular flexibility index (Phi) is 7.36. The Morgan fingerprint density at radius 1 is 1.00 bits per heavy atom. The number of amides is 2. The molecular weight excluding hydrogens is 370 g/mol. The highest BCUT2D eigenvalue weighted by molar-refractivity contribution is 5.97. The summed E-state index contributed by atoms with van der Waals surface area (Å²) in [4.78, 5) is 24.1. The average molecular weight is 397 g/mol. The van der Waals surface area contributed by atoms with Crippen molar-refractivity contribution in [1.29, 1.82) is 0 Å². The van der Waals surface area contributed by atoms with E-state index in [9.17, 15) is 9.59 Å². The van der Waals surface area contributed by atoms with Crippen molar-refractivity contribution in [3.63, 3.8) is 0 Å². The predicted molar refractivity (Wildman–Crippen MR) is 113 cm³/mol. The van der Waals surface area contributed by atoms with Crippen LogP contribution >= 0.6 is 0 Å². The fourth-order valence-electron chi connectivity index (χ4n) is 2.53. The lowest BCUT2D eigenvalue weighted by Gasteiger charge is -2.18. The molecule has 0 aliphatic rings. The van der Waals surface area contributed by atoms with Gasteiger partial charge in [0.2, 0.25) is 0 Å². The van der Waals surface area contributed by atoms with E-state index in [1.165, 1.54) is 19.8 Å². The molecular formula is C22H27N3O4. The number of benzene rings is 2. The van der Waals surface area contributed by atoms with Crippen LogP contribution in [-0.2, 0) is 10.2 Å². The van der Waals surface area contributed by atoms with E-state index in [1.54, 1.807) is 24.4 Å². The van der Waals surface area contributed by atoms with Gasteiger partial charge in [0.15, 0.2) is 11.5 Å². The molecule has 7 heteroatoms. The second-order valence-electron chi connectivity index (χ2n) is 7.42. The lowest BCUT2D eigenvalue weighted by atomic mass is 9.87. The van der Waals surface area contributed by atoms with Gasteiger partial charge in [-0.25, -0.2) is 5.43 Å². The van der Waals surface area contributed by atoms with Gasteiger partial charge in [-0.05, 0) is 34.7 Å². The van der Waals surface area contributed by atoms with Crippen LogP contribution in [0.1, 0.15) is 42.3 Å². The number of hydrogen-bond acceptors (Lipinski definition) is 5. The third-order valence-electron chi connectivity index (χ3n) is 4.23. The molecule has 0 fully saturated rings. The highest BCUT2D eigenvalue weighted by atomic mass is 16.5. The summed E-state index contributed by atoms with van der Waals surface area (Å²) < 4.78 is 10.3. The number of carbonyl (C=O) groups is 2. The number of carbonyl (C=O) groups excluding carboxylic acids is 2. The lowest BCUT2D eigenvalue weighted by molar-refractivity contribution is -0.120. The number of hydrazone groups is 1. The zero-order valence-corrected chi connectivity index (χ0v) is 17.4. The van der Waals surface area contributed by atoms with Gasteiger partial charge in [0.25, 0.3) is 11.8 Å². The second kappa shape index (κ2) is 9.73. The van der Waals surface area contributed by atoms with Gasteiger partial charge in [0.05, 0.1) is 27.0 Å². The third-order valence-corrected chi connectivity index (χ3v) is 4.23. The van der Waals surface area contributed by atoms with Gasteiger partial charge in [-0.3, -0.25) is 9.59 Å². The van der Waals surface area contributed by atoms with Crippen molar-refractivity contribution >= 4 is 18.0 Å². The Labute approximate surface area is 171 Å². The fourth-order valence-corrected chi connectivity index (χ4v) is 2.53. The minimum absolute atomic E-state index is 0.0794. The molecule has 0 radical (unpaired) electrons. The van der Waals surface area contributed by atoms with Gasteiger partial charge in [0.1, 0.15) is 0 Å². The Hall–Kier alpha value is -3.35. The third kappa shape index (κ3) is 6.34. The molecule has 154 valence electrons. The largest absolute Gasteiger partial charge is 0.493 e. The Bertz CT molecular complexity index is 884. The lowest BCUT2D eigenvalue weighted by Crippen LogP contribution is -2.34. The first-order valence-corrected chi connectivity index (χ1v) is 9.17. The molecule has 2 aromatic carbocycles. The monoisotopic (exact) mass is 397 g/mol. The van der Waals surface area contributed by atoms with Crippen molar-refractivity contribution < 1.29 is 19.1 Å². The smallest absolute Gasteiger partial charge is 0.259 e. The van der Waals surface area contributed by atoms with Crippen LogP contribution in [0.15, 0.2) is 47.6 Å². The van der Waals surface area contributed by atoms with Crippen LogP contribution in [-0.4, -0.2) is 38.8 Å². The summed E-state index contributed by atoms with van der Waals surface area (Å²) in [6, 6.07) is 12.7. The molecule has 0 aliphatic heterocycles. The van der Waals surface area contributed by atoms with Crippen LogP contribution < -0.4 is 20.2 Å². The van der Waals surface area contributed by atoms with E-state index in [0.29, 0.717) is 17.1 Å². The van der Waals surface area contributed by atoms with E-state index in [-0.39, 0.29) is 12.0 Å².